The van der Waals surface area contributed by atoms with Gasteiger partial charge in [-0.05, 0) is 26.7 Å². The van der Waals surface area contributed by atoms with E-state index in [4.69, 9.17) is 9.84 Å². The molecule has 0 amide bonds. The molecule has 0 spiro atoms. The standard InChI is InChI=1S/C9H14O3/c1-6-3-8(5-9(10)11)4-7(2)12-6/h5-7H,3-4H2,1-2H3,(H,10,11). The summed E-state index contributed by atoms with van der Waals surface area (Å²) in [5.41, 5.74) is 0.980. The Morgan fingerprint density at radius 1 is 1.50 bits per heavy atom. The van der Waals surface area contributed by atoms with Crippen LogP contribution >= 0.6 is 0 Å². The van der Waals surface area contributed by atoms with E-state index in [1.54, 1.807) is 0 Å². The lowest BCUT2D eigenvalue weighted by Crippen LogP contribution is -2.24. The molecule has 68 valence electrons. The van der Waals surface area contributed by atoms with Crippen molar-refractivity contribution in [1.29, 1.82) is 0 Å². The van der Waals surface area contributed by atoms with Crippen LogP contribution in [0.5, 0.6) is 0 Å². The van der Waals surface area contributed by atoms with Gasteiger partial charge in [0.05, 0.1) is 12.2 Å². The van der Waals surface area contributed by atoms with Gasteiger partial charge in [-0.2, -0.15) is 0 Å². The molecule has 2 unspecified atom stereocenters. The van der Waals surface area contributed by atoms with Crippen LogP contribution in [0.25, 0.3) is 0 Å². The molecule has 1 aliphatic rings. The first-order valence-corrected chi connectivity index (χ1v) is 4.15. The number of aliphatic carboxylic acids is 1. The van der Waals surface area contributed by atoms with Gasteiger partial charge in [0.2, 0.25) is 0 Å². The first kappa shape index (κ1) is 9.26. The van der Waals surface area contributed by atoms with E-state index in [9.17, 15) is 4.79 Å². The number of carboxylic acids is 1. The molecule has 0 radical (unpaired) electrons. The quantitative estimate of drug-likeness (QED) is 0.608. The van der Waals surface area contributed by atoms with Crippen LogP contribution in [0.4, 0.5) is 0 Å². The third kappa shape index (κ3) is 2.66. The summed E-state index contributed by atoms with van der Waals surface area (Å²) in [6, 6.07) is 0. The molecule has 0 aromatic heterocycles. The third-order valence-corrected chi connectivity index (χ3v) is 1.89. The van der Waals surface area contributed by atoms with Gasteiger partial charge in [-0.15, -0.1) is 0 Å². The van der Waals surface area contributed by atoms with Crippen molar-refractivity contribution in [3.05, 3.63) is 11.6 Å². The monoisotopic (exact) mass is 170 g/mol. The molecule has 0 aromatic rings. The van der Waals surface area contributed by atoms with Crippen molar-refractivity contribution in [2.24, 2.45) is 0 Å². The molecule has 3 heteroatoms. The smallest absolute Gasteiger partial charge is 0.328 e. The van der Waals surface area contributed by atoms with Gasteiger partial charge >= 0.3 is 5.97 Å². The zero-order valence-electron chi connectivity index (χ0n) is 7.41. The largest absolute Gasteiger partial charge is 0.478 e. The Bertz CT molecular complexity index is 196. The highest BCUT2D eigenvalue weighted by Gasteiger charge is 2.19. The summed E-state index contributed by atoms with van der Waals surface area (Å²) in [7, 11) is 0. The van der Waals surface area contributed by atoms with Crippen LogP contribution in [0.15, 0.2) is 11.6 Å². The van der Waals surface area contributed by atoms with Crippen LogP contribution in [0, 0.1) is 0 Å². The minimum Gasteiger partial charge on any atom is -0.478 e. The number of hydrogen-bond acceptors (Lipinski definition) is 2. The second-order valence-corrected chi connectivity index (χ2v) is 3.31. The molecule has 1 N–H and O–H groups in total. The van der Waals surface area contributed by atoms with E-state index in [2.05, 4.69) is 0 Å². The Labute approximate surface area is 72.0 Å². The molecule has 2 atom stereocenters. The fraction of sp³-hybridized carbons (Fsp3) is 0.667. The van der Waals surface area contributed by atoms with Crippen molar-refractivity contribution in [2.75, 3.05) is 0 Å². The van der Waals surface area contributed by atoms with E-state index in [0.29, 0.717) is 0 Å². The van der Waals surface area contributed by atoms with E-state index in [0.717, 1.165) is 18.4 Å². The summed E-state index contributed by atoms with van der Waals surface area (Å²) < 4.78 is 5.46. The van der Waals surface area contributed by atoms with E-state index in [1.807, 2.05) is 13.8 Å². The van der Waals surface area contributed by atoms with Crippen LogP contribution < -0.4 is 0 Å². The molecular weight excluding hydrogens is 156 g/mol. The second-order valence-electron chi connectivity index (χ2n) is 3.31. The molecule has 0 aliphatic carbocycles. The summed E-state index contributed by atoms with van der Waals surface area (Å²) in [4.78, 5) is 10.4. The van der Waals surface area contributed by atoms with Gasteiger partial charge in [0, 0.05) is 6.08 Å². The van der Waals surface area contributed by atoms with Crippen LogP contribution in [0.3, 0.4) is 0 Å². The summed E-state index contributed by atoms with van der Waals surface area (Å²) in [6.45, 7) is 3.93. The summed E-state index contributed by atoms with van der Waals surface area (Å²) >= 11 is 0. The van der Waals surface area contributed by atoms with Crippen LogP contribution in [-0.4, -0.2) is 23.3 Å². The van der Waals surface area contributed by atoms with Crippen molar-refractivity contribution >= 4 is 5.97 Å². The van der Waals surface area contributed by atoms with Gasteiger partial charge in [0.15, 0.2) is 0 Å². The molecule has 1 heterocycles. The van der Waals surface area contributed by atoms with Crippen molar-refractivity contribution in [3.63, 3.8) is 0 Å². The maximum Gasteiger partial charge on any atom is 0.328 e. The number of ether oxygens (including phenoxy) is 1. The van der Waals surface area contributed by atoms with Crippen molar-refractivity contribution < 1.29 is 14.6 Å². The summed E-state index contributed by atoms with van der Waals surface area (Å²) in [6.07, 6.45) is 3.10. The minimum atomic E-state index is -0.855. The molecule has 0 bridgehead atoms. The fourth-order valence-electron chi connectivity index (χ4n) is 1.61. The van der Waals surface area contributed by atoms with Gasteiger partial charge in [-0.1, -0.05) is 5.57 Å². The van der Waals surface area contributed by atoms with E-state index in [-0.39, 0.29) is 12.2 Å². The zero-order valence-corrected chi connectivity index (χ0v) is 7.41. The van der Waals surface area contributed by atoms with Gasteiger partial charge in [0.1, 0.15) is 0 Å². The van der Waals surface area contributed by atoms with Crippen LogP contribution in [0.2, 0.25) is 0 Å². The number of carboxylic acid groups (broad SMARTS) is 1. The topological polar surface area (TPSA) is 46.5 Å². The normalized spacial score (nSPS) is 30.0. The molecule has 1 saturated heterocycles. The average Bonchev–Trinajstić information content (AvgIpc) is 1.81. The lowest BCUT2D eigenvalue weighted by Gasteiger charge is -2.27. The molecule has 1 rings (SSSR count). The highest BCUT2D eigenvalue weighted by atomic mass is 16.5. The molecule has 1 fully saturated rings. The lowest BCUT2D eigenvalue weighted by molar-refractivity contribution is -0.131. The fourth-order valence-corrected chi connectivity index (χ4v) is 1.61. The number of carbonyl (C=O) groups is 1. The maximum absolute atomic E-state index is 10.4. The van der Waals surface area contributed by atoms with Gasteiger partial charge in [-0.3, -0.25) is 0 Å². The highest BCUT2D eigenvalue weighted by molar-refractivity contribution is 5.80. The Balaban J connectivity index is 2.61. The zero-order chi connectivity index (χ0) is 9.14. The second kappa shape index (κ2) is 3.72. The molecule has 0 aromatic carbocycles. The Kier molecular flexibility index (Phi) is 2.87. The number of hydrogen-bond donors (Lipinski definition) is 1. The molecule has 12 heavy (non-hydrogen) atoms. The van der Waals surface area contributed by atoms with Crippen molar-refractivity contribution in [2.45, 2.75) is 38.9 Å². The molecule has 1 aliphatic heterocycles. The Morgan fingerprint density at radius 3 is 2.42 bits per heavy atom. The molecule has 0 saturated carbocycles. The summed E-state index contributed by atoms with van der Waals surface area (Å²) in [5.74, 6) is -0.855. The number of rotatable bonds is 1. The van der Waals surface area contributed by atoms with E-state index < -0.39 is 5.97 Å². The molecule has 3 nitrogen and oxygen atoms in total. The maximum atomic E-state index is 10.4. The van der Waals surface area contributed by atoms with E-state index in [1.165, 1.54) is 6.08 Å². The Morgan fingerprint density at radius 2 is 2.00 bits per heavy atom. The van der Waals surface area contributed by atoms with Gasteiger partial charge in [0.25, 0.3) is 0 Å². The van der Waals surface area contributed by atoms with Gasteiger partial charge < -0.3 is 9.84 Å². The van der Waals surface area contributed by atoms with Crippen LogP contribution in [0.1, 0.15) is 26.7 Å². The summed E-state index contributed by atoms with van der Waals surface area (Å²) in [5, 5.41) is 8.52. The first-order valence-electron chi connectivity index (χ1n) is 4.15. The third-order valence-electron chi connectivity index (χ3n) is 1.89. The first-order chi connectivity index (χ1) is 5.58. The average molecular weight is 170 g/mol. The van der Waals surface area contributed by atoms with Crippen LogP contribution in [-0.2, 0) is 9.53 Å². The van der Waals surface area contributed by atoms with Gasteiger partial charge in [-0.25, -0.2) is 4.79 Å². The Hall–Kier alpha value is -0.830. The highest BCUT2D eigenvalue weighted by Crippen LogP contribution is 2.23. The minimum absolute atomic E-state index is 0.152. The van der Waals surface area contributed by atoms with Crippen molar-refractivity contribution in [1.82, 2.24) is 0 Å². The van der Waals surface area contributed by atoms with Crippen molar-refractivity contribution in [3.8, 4) is 0 Å². The SMILES string of the molecule is CC1CC(=CC(=O)O)CC(C)O1. The predicted octanol–water partition coefficient (Wildman–Crippen LogP) is 1.58. The molecular formula is C9H14O3. The lowest BCUT2D eigenvalue weighted by atomic mass is 9.99. The van der Waals surface area contributed by atoms with E-state index >= 15 is 0 Å². The predicted molar refractivity (Wildman–Crippen MR) is 45.0 cm³/mol.